The molecule has 1 unspecified atom stereocenters. The van der Waals surface area contributed by atoms with Crippen LogP contribution in [-0.4, -0.2) is 25.7 Å². The molecule has 1 atom stereocenters. The van der Waals surface area contributed by atoms with Crippen LogP contribution in [0.4, 0.5) is 0 Å². The molecule has 2 aliphatic heterocycles. The summed E-state index contributed by atoms with van der Waals surface area (Å²) in [4.78, 5) is 2.65. The van der Waals surface area contributed by atoms with E-state index in [1.807, 2.05) is 0 Å². The van der Waals surface area contributed by atoms with Gasteiger partial charge in [-0.25, -0.2) is 0 Å². The highest BCUT2D eigenvalue weighted by Crippen LogP contribution is 2.51. The minimum atomic E-state index is -0.162. The first-order valence-corrected chi connectivity index (χ1v) is 9.89. The minimum Gasteiger partial charge on any atom is -0.493 e. The first kappa shape index (κ1) is 17.3. The molecule has 0 saturated carbocycles. The van der Waals surface area contributed by atoms with Gasteiger partial charge in [-0.15, -0.1) is 0 Å². The number of benzene rings is 3. The molecule has 0 N–H and O–H groups in total. The predicted molar refractivity (Wildman–Crippen MR) is 111 cm³/mol. The van der Waals surface area contributed by atoms with Crippen LogP contribution >= 0.6 is 0 Å². The van der Waals surface area contributed by atoms with Crippen LogP contribution in [0, 0.1) is 0 Å². The Labute approximate surface area is 166 Å². The van der Waals surface area contributed by atoms with Crippen molar-refractivity contribution < 1.29 is 9.47 Å². The highest BCUT2D eigenvalue weighted by molar-refractivity contribution is 5.58. The fourth-order valence-corrected chi connectivity index (χ4v) is 5.12. The summed E-state index contributed by atoms with van der Waals surface area (Å²) in [5.41, 5.74) is 6.76. The van der Waals surface area contributed by atoms with E-state index in [9.17, 15) is 0 Å². The Morgan fingerprint density at radius 2 is 1.54 bits per heavy atom. The largest absolute Gasteiger partial charge is 0.493 e. The number of rotatable bonds is 4. The molecule has 0 aliphatic carbocycles. The minimum absolute atomic E-state index is 0.162. The Morgan fingerprint density at radius 3 is 2.32 bits per heavy atom. The Kier molecular flexibility index (Phi) is 4.13. The summed E-state index contributed by atoms with van der Waals surface area (Å²) in [7, 11) is 3.43. The molecule has 0 radical (unpaired) electrons. The van der Waals surface area contributed by atoms with E-state index in [4.69, 9.17) is 9.47 Å². The number of fused-ring (bicyclic) bond motifs is 5. The Bertz CT molecular complexity index is 1010. The van der Waals surface area contributed by atoms with Gasteiger partial charge in [0.1, 0.15) is 0 Å². The van der Waals surface area contributed by atoms with Gasteiger partial charge in [-0.3, -0.25) is 4.90 Å². The second-order valence-electron chi connectivity index (χ2n) is 7.72. The summed E-state index contributed by atoms with van der Waals surface area (Å²) in [6.07, 6.45) is 1.98. The third-order valence-electron chi connectivity index (χ3n) is 6.37. The van der Waals surface area contributed by atoms with E-state index < -0.39 is 0 Å². The van der Waals surface area contributed by atoms with Crippen molar-refractivity contribution >= 4 is 0 Å². The lowest BCUT2D eigenvalue weighted by molar-refractivity contribution is 0.126. The summed E-state index contributed by atoms with van der Waals surface area (Å²) in [5.74, 6) is 1.62. The summed E-state index contributed by atoms with van der Waals surface area (Å²) < 4.78 is 11.3. The molecule has 0 fully saturated rings. The molecule has 0 bridgehead atoms. The molecule has 0 amide bonds. The monoisotopic (exact) mass is 371 g/mol. The zero-order valence-electron chi connectivity index (χ0n) is 16.4. The lowest BCUT2D eigenvalue weighted by atomic mass is 9.73. The Hall–Kier alpha value is -2.78. The Morgan fingerprint density at radius 1 is 0.821 bits per heavy atom. The highest BCUT2D eigenvalue weighted by Gasteiger charge is 2.49. The van der Waals surface area contributed by atoms with E-state index in [2.05, 4.69) is 71.6 Å². The van der Waals surface area contributed by atoms with E-state index in [1.54, 1.807) is 14.2 Å². The predicted octanol–water partition coefficient (Wildman–Crippen LogP) is 4.56. The second kappa shape index (κ2) is 6.68. The molecular weight excluding hydrogens is 346 g/mol. The standard InChI is InChI=1S/C25H25NO2/c1-27-23-14-19-12-13-26-17-20-10-6-7-11-21(20)25(26,22(19)15-24(23)28-2)16-18-8-4-3-5-9-18/h3-11,14-15H,12-13,16-17H2,1-2H3. The van der Waals surface area contributed by atoms with Gasteiger partial charge in [-0.05, 0) is 52.8 Å². The van der Waals surface area contributed by atoms with Gasteiger partial charge in [0.25, 0.3) is 0 Å². The zero-order valence-corrected chi connectivity index (χ0v) is 16.4. The second-order valence-corrected chi connectivity index (χ2v) is 7.72. The van der Waals surface area contributed by atoms with Gasteiger partial charge < -0.3 is 9.47 Å². The molecular formula is C25H25NO2. The first-order chi connectivity index (χ1) is 13.8. The quantitative estimate of drug-likeness (QED) is 0.671. The van der Waals surface area contributed by atoms with E-state index in [1.165, 1.54) is 27.8 Å². The van der Waals surface area contributed by atoms with Crippen LogP contribution in [0.1, 0.15) is 27.8 Å². The maximum absolute atomic E-state index is 5.69. The van der Waals surface area contributed by atoms with Crippen LogP contribution in [0.5, 0.6) is 11.5 Å². The van der Waals surface area contributed by atoms with Gasteiger partial charge in [0, 0.05) is 13.1 Å². The SMILES string of the molecule is COc1cc2c(cc1OC)C1(Cc3ccccc3)c3ccccc3CN1CC2. The number of hydrogen-bond acceptors (Lipinski definition) is 3. The Balaban J connectivity index is 1.77. The van der Waals surface area contributed by atoms with Crippen molar-refractivity contribution in [2.75, 3.05) is 20.8 Å². The highest BCUT2D eigenvalue weighted by atomic mass is 16.5. The molecule has 3 heteroatoms. The summed E-state index contributed by atoms with van der Waals surface area (Å²) in [6.45, 7) is 2.04. The van der Waals surface area contributed by atoms with E-state index in [0.717, 1.165) is 37.4 Å². The average Bonchev–Trinajstić information content (AvgIpc) is 3.08. The van der Waals surface area contributed by atoms with E-state index >= 15 is 0 Å². The van der Waals surface area contributed by atoms with Crippen molar-refractivity contribution in [3.05, 3.63) is 94.5 Å². The average molecular weight is 371 g/mol. The summed E-state index contributed by atoms with van der Waals surface area (Å²) in [5, 5.41) is 0. The molecule has 0 aromatic heterocycles. The molecule has 0 spiro atoms. The van der Waals surface area contributed by atoms with Crippen molar-refractivity contribution in [1.29, 1.82) is 0 Å². The van der Waals surface area contributed by atoms with Gasteiger partial charge in [-0.1, -0.05) is 54.6 Å². The van der Waals surface area contributed by atoms with Gasteiger partial charge in [0.15, 0.2) is 11.5 Å². The lowest BCUT2D eigenvalue weighted by Gasteiger charge is -2.45. The number of methoxy groups -OCH3 is 2. The number of ether oxygens (including phenoxy) is 2. The molecule has 0 saturated heterocycles. The van der Waals surface area contributed by atoms with Gasteiger partial charge >= 0.3 is 0 Å². The third-order valence-corrected chi connectivity index (χ3v) is 6.37. The van der Waals surface area contributed by atoms with Crippen LogP contribution in [0.15, 0.2) is 66.7 Å². The lowest BCUT2D eigenvalue weighted by Crippen LogP contribution is -2.48. The van der Waals surface area contributed by atoms with Gasteiger partial charge in [-0.2, -0.15) is 0 Å². The molecule has 142 valence electrons. The van der Waals surface area contributed by atoms with Crippen molar-refractivity contribution in [2.24, 2.45) is 0 Å². The maximum atomic E-state index is 5.69. The fourth-order valence-electron chi connectivity index (χ4n) is 5.12. The van der Waals surface area contributed by atoms with Crippen LogP contribution in [0.2, 0.25) is 0 Å². The molecule has 3 aromatic rings. The number of hydrogen-bond donors (Lipinski definition) is 0. The fraction of sp³-hybridized carbons (Fsp3) is 0.280. The smallest absolute Gasteiger partial charge is 0.161 e. The zero-order chi connectivity index (χ0) is 19.1. The molecule has 3 nitrogen and oxygen atoms in total. The van der Waals surface area contributed by atoms with Gasteiger partial charge in [0.05, 0.1) is 19.8 Å². The third kappa shape index (κ3) is 2.46. The maximum Gasteiger partial charge on any atom is 0.161 e. The summed E-state index contributed by atoms with van der Waals surface area (Å²) >= 11 is 0. The van der Waals surface area contributed by atoms with Crippen molar-refractivity contribution in [3.8, 4) is 11.5 Å². The van der Waals surface area contributed by atoms with Crippen LogP contribution < -0.4 is 9.47 Å². The molecule has 28 heavy (non-hydrogen) atoms. The molecule has 3 aromatic carbocycles. The van der Waals surface area contributed by atoms with Crippen molar-refractivity contribution in [3.63, 3.8) is 0 Å². The summed E-state index contributed by atoms with van der Waals surface area (Å²) in [6, 6.07) is 24.1. The normalized spacial score (nSPS) is 20.2. The first-order valence-electron chi connectivity index (χ1n) is 9.89. The van der Waals surface area contributed by atoms with Crippen molar-refractivity contribution in [2.45, 2.75) is 24.9 Å². The van der Waals surface area contributed by atoms with Crippen LogP contribution in [0.3, 0.4) is 0 Å². The molecule has 2 heterocycles. The van der Waals surface area contributed by atoms with Crippen LogP contribution in [0.25, 0.3) is 0 Å². The molecule has 5 rings (SSSR count). The van der Waals surface area contributed by atoms with Gasteiger partial charge in [0.2, 0.25) is 0 Å². The topological polar surface area (TPSA) is 21.7 Å². The number of nitrogens with zero attached hydrogens (tertiary/aromatic N) is 1. The van der Waals surface area contributed by atoms with Crippen LogP contribution in [-0.2, 0) is 24.9 Å². The van der Waals surface area contributed by atoms with E-state index in [0.29, 0.717) is 0 Å². The molecule has 2 aliphatic rings. The van der Waals surface area contributed by atoms with Crippen molar-refractivity contribution in [1.82, 2.24) is 4.90 Å². The van der Waals surface area contributed by atoms with E-state index in [-0.39, 0.29) is 5.54 Å².